The molecule has 0 aromatic rings. The van der Waals surface area contributed by atoms with Crippen LogP contribution in [0.3, 0.4) is 0 Å². The molecular formula is C11H22N2O. The van der Waals surface area contributed by atoms with E-state index in [-0.39, 0.29) is 12.1 Å². The highest BCUT2D eigenvalue weighted by atomic mass is 16.3. The fraction of sp³-hybridized carbons (Fsp3) is 1.00. The Morgan fingerprint density at radius 3 is 2.93 bits per heavy atom. The van der Waals surface area contributed by atoms with Gasteiger partial charge in [-0.25, -0.2) is 0 Å². The molecule has 0 spiro atoms. The molecule has 2 aliphatic heterocycles. The zero-order valence-corrected chi connectivity index (χ0v) is 9.05. The van der Waals surface area contributed by atoms with E-state index in [4.69, 9.17) is 0 Å². The lowest BCUT2D eigenvalue weighted by Crippen LogP contribution is -2.39. The Morgan fingerprint density at radius 1 is 1.50 bits per heavy atom. The molecule has 3 N–H and O–H groups in total. The Bertz CT molecular complexity index is 192. The topological polar surface area (TPSA) is 44.3 Å². The van der Waals surface area contributed by atoms with Crippen molar-refractivity contribution in [1.82, 2.24) is 10.6 Å². The second kappa shape index (κ2) is 4.17. The molecule has 2 saturated heterocycles. The van der Waals surface area contributed by atoms with Gasteiger partial charge in [-0.1, -0.05) is 0 Å². The van der Waals surface area contributed by atoms with Gasteiger partial charge >= 0.3 is 0 Å². The van der Waals surface area contributed by atoms with E-state index < -0.39 is 0 Å². The van der Waals surface area contributed by atoms with Gasteiger partial charge in [0.15, 0.2) is 0 Å². The lowest BCUT2D eigenvalue weighted by atomic mass is 9.91. The van der Waals surface area contributed by atoms with E-state index in [1.807, 2.05) is 0 Å². The normalized spacial score (nSPS) is 43.3. The molecule has 0 radical (unpaired) electrons. The first-order chi connectivity index (χ1) is 6.72. The van der Waals surface area contributed by atoms with Crippen LogP contribution in [0.5, 0.6) is 0 Å². The molecule has 3 heteroatoms. The predicted molar refractivity (Wildman–Crippen MR) is 57.2 cm³/mol. The van der Waals surface area contributed by atoms with Gasteiger partial charge in [0.2, 0.25) is 0 Å². The summed E-state index contributed by atoms with van der Waals surface area (Å²) in [6.45, 7) is 4.66. The fourth-order valence-corrected chi connectivity index (χ4v) is 2.82. The third-order valence-electron chi connectivity index (χ3n) is 3.69. The van der Waals surface area contributed by atoms with E-state index in [0.717, 1.165) is 24.9 Å². The van der Waals surface area contributed by atoms with Gasteiger partial charge in [0.25, 0.3) is 0 Å². The minimum atomic E-state index is -0.0106. The number of rotatable bonds is 3. The average molecular weight is 198 g/mol. The van der Waals surface area contributed by atoms with Gasteiger partial charge in [-0.2, -0.15) is 0 Å². The maximum absolute atomic E-state index is 9.23. The second-order valence-electron chi connectivity index (χ2n) is 5.20. The van der Waals surface area contributed by atoms with E-state index in [2.05, 4.69) is 17.6 Å². The molecule has 2 fully saturated rings. The van der Waals surface area contributed by atoms with Crippen molar-refractivity contribution in [1.29, 1.82) is 0 Å². The molecule has 2 aliphatic rings. The van der Waals surface area contributed by atoms with Crippen molar-refractivity contribution >= 4 is 0 Å². The summed E-state index contributed by atoms with van der Waals surface area (Å²) in [6, 6.07) is 0.739. The van der Waals surface area contributed by atoms with Crippen LogP contribution >= 0.6 is 0 Å². The summed E-state index contributed by atoms with van der Waals surface area (Å²) in [6.07, 6.45) is 5.08. The highest BCUT2D eigenvalue weighted by Crippen LogP contribution is 2.28. The number of nitrogens with one attached hydrogen (secondary N) is 2. The molecule has 14 heavy (non-hydrogen) atoms. The van der Waals surface area contributed by atoms with Crippen LogP contribution in [0.1, 0.15) is 32.6 Å². The summed E-state index contributed by atoms with van der Waals surface area (Å²) in [5.41, 5.74) is -0.0106. The summed E-state index contributed by atoms with van der Waals surface area (Å²) >= 11 is 0. The molecule has 0 bridgehead atoms. The van der Waals surface area contributed by atoms with E-state index >= 15 is 0 Å². The summed E-state index contributed by atoms with van der Waals surface area (Å²) < 4.78 is 0. The lowest BCUT2D eigenvalue weighted by Gasteiger charge is -2.21. The molecule has 0 amide bonds. The molecule has 2 rings (SSSR count). The first kappa shape index (κ1) is 10.4. The number of aliphatic hydroxyl groups excluding tert-OH is 1. The molecule has 2 heterocycles. The van der Waals surface area contributed by atoms with Crippen LogP contribution in [-0.2, 0) is 0 Å². The van der Waals surface area contributed by atoms with Crippen LogP contribution in [0.2, 0.25) is 0 Å². The zero-order chi connectivity index (χ0) is 10.0. The monoisotopic (exact) mass is 198 g/mol. The quantitative estimate of drug-likeness (QED) is 0.618. The molecule has 0 aliphatic carbocycles. The molecule has 0 aromatic heterocycles. The molecule has 0 aromatic carbocycles. The standard InChI is InChI=1S/C11H22N2O/c1-11(8-14)6-9(7-13-11)5-10-3-2-4-12-10/h9-10,12-14H,2-8H2,1H3. The Hall–Kier alpha value is -0.120. The van der Waals surface area contributed by atoms with Crippen LogP contribution < -0.4 is 10.6 Å². The van der Waals surface area contributed by atoms with Crippen molar-refractivity contribution < 1.29 is 5.11 Å². The first-order valence-electron chi connectivity index (χ1n) is 5.81. The van der Waals surface area contributed by atoms with E-state index in [1.165, 1.54) is 25.8 Å². The minimum Gasteiger partial charge on any atom is -0.394 e. The van der Waals surface area contributed by atoms with Crippen LogP contribution in [-0.4, -0.2) is 36.4 Å². The summed E-state index contributed by atoms with van der Waals surface area (Å²) in [7, 11) is 0. The summed E-state index contributed by atoms with van der Waals surface area (Å²) in [5.74, 6) is 0.753. The molecule has 3 atom stereocenters. The van der Waals surface area contributed by atoms with Gasteiger partial charge < -0.3 is 15.7 Å². The third-order valence-corrected chi connectivity index (χ3v) is 3.69. The van der Waals surface area contributed by atoms with Crippen molar-refractivity contribution in [3.63, 3.8) is 0 Å². The highest BCUT2D eigenvalue weighted by Gasteiger charge is 2.35. The van der Waals surface area contributed by atoms with E-state index in [9.17, 15) is 5.11 Å². The van der Waals surface area contributed by atoms with Gasteiger partial charge in [-0.3, -0.25) is 0 Å². The van der Waals surface area contributed by atoms with Crippen molar-refractivity contribution in [3.8, 4) is 0 Å². The molecular weight excluding hydrogens is 176 g/mol. The SMILES string of the molecule is CC1(CO)CC(CC2CCCN2)CN1. The summed E-state index contributed by atoms with van der Waals surface area (Å²) in [5, 5.41) is 16.2. The minimum absolute atomic E-state index is 0.0106. The Balaban J connectivity index is 1.78. The number of aliphatic hydroxyl groups is 1. The van der Waals surface area contributed by atoms with Crippen LogP contribution in [0.25, 0.3) is 0 Å². The predicted octanol–water partition coefficient (Wildman–Crippen LogP) is 0.489. The van der Waals surface area contributed by atoms with Gasteiger partial charge in [0.05, 0.1) is 6.61 Å². The van der Waals surface area contributed by atoms with Gasteiger partial charge in [-0.15, -0.1) is 0 Å². The third kappa shape index (κ3) is 2.27. The Kier molecular flexibility index (Phi) is 3.10. The maximum atomic E-state index is 9.23. The average Bonchev–Trinajstić information content (AvgIpc) is 2.78. The molecule has 3 unspecified atom stereocenters. The smallest absolute Gasteiger partial charge is 0.0610 e. The lowest BCUT2D eigenvalue weighted by molar-refractivity contribution is 0.188. The van der Waals surface area contributed by atoms with Gasteiger partial charge in [-0.05, 0) is 51.6 Å². The number of hydrogen-bond acceptors (Lipinski definition) is 3. The maximum Gasteiger partial charge on any atom is 0.0610 e. The molecule has 82 valence electrons. The summed E-state index contributed by atoms with van der Waals surface area (Å²) in [4.78, 5) is 0. The van der Waals surface area contributed by atoms with Gasteiger partial charge in [0.1, 0.15) is 0 Å². The van der Waals surface area contributed by atoms with Crippen molar-refractivity contribution in [2.24, 2.45) is 5.92 Å². The van der Waals surface area contributed by atoms with E-state index in [0.29, 0.717) is 0 Å². The highest BCUT2D eigenvalue weighted by molar-refractivity contribution is 4.94. The second-order valence-corrected chi connectivity index (χ2v) is 5.20. The molecule has 0 saturated carbocycles. The Morgan fingerprint density at radius 2 is 2.36 bits per heavy atom. The number of hydrogen-bond donors (Lipinski definition) is 3. The largest absolute Gasteiger partial charge is 0.394 e. The van der Waals surface area contributed by atoms with Gasteiger partial charge in [0, 0.05) is 11.6 Å². The van der Waals surface area contributed by atoms with Crippen molar-refractivity contribution in [3.05, 3.63) is 0 Å². The Labute approximate surface area is 86.3 Å². The molecule has 3 nitrogen and oxygen atoms in total. The zero-order valence-electron chi connectivity index (χ0n) is 9.05. The van der Waals surface area contributed by atoms with Crippen molar-refractivity contribution in [2.75, 3.05) is 19.7 Å². The van der Waals surface area contributed by atoms with E-state index in [1.54, 1.807) is 0 Å². The first-order valence-corrected chi connectivity index (χ1v) is 5.81. The van der Waals surface area contributed by atoms with Crippen LogP contribution in [0.15, 0.2) is 0 Å². The fourth-order valence-electron chi connectivity index (χ4n) is 2.82. The van der Waals surface area contributed by atoms with Crippen LogP contribution in [0, 0.1) is 5.92 Å². The van der Waals surface area contributed by atoms with Crippen LogP contribution in [0.4, 0.5) is 0 Å². The van der Waals surface area contributed by atoms with Crippen molar-refractivity contribution in [2.45, 2.75) is 44.2 Å².